The second kappa shape index (κ2) is 7.98. The van der Waals surface area contributed by atoms with Crippen molar-refractivity contribution in [3.05, 3.63) is 76.8 Å². The summed E-state index contributed by atoms with van der Waals surface area (Å²) in [7, 11) is 1.30. The van der Waals surface area contributed by atoms with Gasteiger partial charge >= 0.3 is 0 Å². The molecule has 0 atom stereocenters. The molecule has 0 N–H and O–H groups in total. The molecule has 0 saturated heterocycles. The van der Waals surface area contributed by atoms with Crippen molar-refractivity contribution >= 4 is 5.91 Å². The van der Waals surface area contributed by atoms with E-state index in [1.807, 2.05) is 12.1 Å². The number of rotatable bonds is 5. The molecule has 0 radical (unpaired) electrons. The molecular weight excluding hydrogens is 380 g/mol. The van der Waals surface area contributed by atoms with Crippen molar-refractivity contribution in [2.45, 2.75) is 25.8 Å². The van der Waals surface area contributed by atoms with Crippen LogP contribution in [0, 0.1) is 11.6 Å². The van der Waals surface area contributed by atoms with E-state index >= 15 is 0 Å². The van der Waals surface area contributed by atoms with Crippen LogP contribution in [0.1, 0.15) is 33.3 Å². The van der Waals surface area contributed by atoms with E-state index in [-0.39, 0.29) is 12.3 Å². The summed E-state index contributed by atoms with van der Waals surface area (Å²) >= 11 is 0. The molecule has 8 heteroatoms. The summed E-state index contributed by atoms with van der Waals surface area (Å²) in [5.41, 5.74) is 1.11. The number of aromatic nitrogens is 2. The Bertz CT molecular complexity index is 1010. The minimum atomic E-state index is -0.949. The quantitative estimate of drug-likeness (QED) is 0.658. The van der Waals surface area contributed by atoms with Gasteiger partial charge in [0, 0.05) is 43.9 Å². The molecule has 0 bridgehead atoms. The highest BCUT2D eigenvalue weighted by Crippen LogP contribution is 2.26. The molecule has 0 aliphatic carbocycles. The Balaban J connectivity index is 1.47. The van der Waals surface area contributed by atoms with E-state index in [9.17, 15) is 13.6 Å². The van der Waals surface area contributed by atoms with E-state index in [1.165, 1.54) is 12.0 Å². The average Bonchev–Trinajstić information content (AvgIpc) is 3.14. The highest BCUT2D eigenvalue weighted by Gasteiger charge is 2.29. The van der Waals surface area contributed by atoms with Crippen molar-refractivity contribution in [2.75, 3.05) is 13.7 Å². The first-order chi connectivity index (χ1) is 14.0. The standard InChI is InChI=1S/C21H19F2N3O3/c1-28-14-9-15(22)20(16(23)10-14)21(27)26-8-6-18-17(12-26)25-19(29-18)5-4-13-3-2-7-24-11-13/h2-3,7,9-11H,4-6,8,12H2,1H3. The summed E-state index contributed by atoms with van der Waals surface area (Å²) in [4.78, 5) is 22.6. The van der Waals surface area contributed by atoms with Crippen LogP contribution >= 0.6 is 0 Å². The van der Waals surface area contributed by atoms with Gasteiger partial charge in [0.1, 0.15) is 34.4 Å². The normalized spacial score (nSPS) is 13.3. The number of ether oxygens (including phenoxy) is 1. The van der Waals surface area contributed by atoms with Crippen molar-refractivity contribution in [1.82, 2.24) is 14.9 Å². The smallest absolute Gasteiger partial charge is 0.260 e. The maximum absolute atomic E-state index is 14.3. The van der Waals surface area contributed by atoms with E-state index in [1.54, 1.807) is 12.4 Å². The fourth-order valence-corrected chi connectivity index (χ4v) is 3.36. The highest BCUT2D eigenvalue weighted by atomic mass is 19.1. The molecule has 1 aliphatic heterocycles. The molecule has 4 rings (SSSR count). The summed E-state index contributed by atoms with van der Waals surface area (Å²) in [6, 6.07) is 5.85. The number of fused-ring (bicyclic) bond motifs is 1. The number of methoxy groups -OCH3 is 1. The van der Waals surface area contributed by atoms with Crippen LogP contribution < -0.4 is 4.74 Å². The van der Waals surface area contributed by atoms with Crippen LogP contribution in [-0.4, -0.2) is 34.4 Å². The second-order valence-corrected chi connectivity index (χ2v) is 6.78. The molecule has 0 unspecified atom stereocenters. The third-order valence-electron chi connectivity index (χ3n) is 4.87. The molecule has 1 aromatic carbocycles. The number of benzene rings is 1. The molecular formula is C21H19F2N3O3. The number of carbonyl (C=O) groups excluding carboxylic acids is 1. The van der Waals surface area contributed by atoms with E-state index in [2.05, 4.69) is 9.97 Å². The summed E-state index contributed by atoms with van der Waals surface area (Å²) in [6.45, 7) is 0.448. The monoisotopic (exact) mass is 399 g/mol. The number of amides is 1. The van der Waals surface area contributed by atoms with Crippen LogP contribution in [0.25, 0.3) is 0 Å². The number of nitrogens with zero attached hydrogens (tertiary/aromatic N) is 3. The minimum Gasteiger partial charge on any atom is -0.497 e. The van der Waals surface area contributed by atoms with E-state index in [0.29, 0.717) is 36.7 Å². The Hall–Kier alpha value is -3.29. The van der Waals surface area contributed by atoms with Gasteiger partial charge in [-0.3, -0.25) is 9.78 Å². The number of aryl methyl sites for hydroxylation is 2. The lowest BCUT2D eigenvalue weighted by Crippen LogP contribution is -2.36. The largest absolute Gasteiger partial charge is 0.497 e. The third-order valence-corrected chi connectivity index (χ3v) is 4.87. The Morgan fingerprint density at radius 2 is 2.07 bits per heavy atom. The van der Waals surface area contributed by atoms with Gasteiger partial charge in [0.2, 0.25) is 0 Å². The van der Waals surface area contributed by atoms with E-state index < -0.39 is 23.1 Å². The summed E-state index contributed by atoms with van der Waals surface area (Å²) in [5.74, 6) is -1.30. The molecule has 0 spiro atoms. The predicted molar refractivity (Wildman–Crippen MR) is 99.5 cm³/mol. The van der Waals surface area contributed by atoms with Crippen LogP contribution in [-0.2, 0) is 25.8 Å². The van der Waals surface area contributed by atoms with Gasteiger partial charge in [0.25, 0.3) is 5.91 Å². The Labute approximate surface area is 166 Å². The topological polar surface area (TPSA) is 68.5 Å². The molecule has 6 nitrogen and oxygen atoms in total. The highest BCUT2D eigenvalue weighted by molar-refractivity contribution is 5.95. The fraction of sp³-hybridized carbons (Fsp3) is 0.286. The predicted octanol–water partition coefficient (Wildman–Crippen LogP) is 3.34. The van der Waals surface area contributed by atoms with Crippen molar-refractivity contribution in [1.29, 1.82) is 0 Å². The average molecular weight is 399 g/mol. The van der Waals surface area contributed by atoms with Crippen LogP contribution in [0.4, 0.5) is 8.78 Å². The first-order valence-electron chi connectivity index (χ1n) is 9.24. The van der Waals surface area contributed by atoms with Gasteiger partial charge in [-0.25, -0.2) is 13.8 Å². The number of halogens is 2. The number of pyridine rings is 1. The van der Waals surface area contributed by atoms with Crippen molar-refractivity contribution in [2.24, 2.45) is 0 Å². The van der Waals surface area contributed by atoms with Gasteiger partial charge in [-0.05, 0) is 18.1 Å². The lowest BCUT2D eigenvalue weighted by Gasteiger charge is -2.25. The van der Waals surface area contributed by atoms with Gasteiger partial charge in [0.05, 0.1) is 13.7 Å². The second-order valence-electron chi connectivity index (χ2n) is 6.78. The van der Waals surface area contributed by atoms with Gasteiger partial charge in [-0.15, -0.1) is 0 Å². The SMILES string of the molecule is COc1cc(F)c(C(=O)N2CCc3oc(CCc4cccnc4)nc3C2)c(F)c1. The molecule has 0 saturated carbocycles. The number of hydrogen-bond donors (Lipinski definition) is 0. The van der Waals surface area contributed by atoms with Crippen molar-refractivity contribution in [3.63, 3.8) is 0 Å². The summed E-state index contributed by atoms with van der Waals surface area (Å²) < 4.78 is 39.2. The summed E-state index contributed by atoms with van der Waals surface area (Å²) in [6.07, 6.45) is 5.29. The lowest BCUT2D eigenvalue weighted by molar-refractivity contribution is 0.0718. The maximum Gasteiger partial charge on any atom is 0.260 e. The van der Waals surface area contributed by atoms with Crippen LogP contribution in [0.5, 0.6) is 5.75 Å². The number of hydrogen-bond acceptors (Lipinski definition) is 5. The van der Waals surface area contributed by atoms with E-state index in [0.717, 1.165) is 24.1 Å². The zero-order chi connectivity index (χ0) is 20.4. The van der Waals surface area contributed by atoms with Gasteiger partial charge in [0.15, 0.2) is 5.89 Å². The first-order valence-corrected chi connectivity index (χ1v) is 9.24. The van der Waals surface area contributed by atoms with Crippen molar-refractivity contribution < 1.29 is 22.7 Å². The van der Waals surface area contributed by atoms with Crippen LogP contribution in [0.15, 0.2) is 41.1 Å². The Morgan fingerprint density at radius 1 is 1.28 bits per heavy atom. The van der Waals surface area contributed by atoms with Gasteiger partial charge in [-0.1, -0.05) is 6.07 Å². The number of carbonyl (C=O) groups is 1. The number of oxazole rings is 1. The Kier molecular flexibility index (Phi) is 5.24. The Morgan fingerprint density at radius 3 is 2.76 bits per heavy atom. The lowest BCUT2D eigenvalue weighted by atomic mass is 10.1. The third kappa shape index (κ3) is 3.96. The maximum atomic E-state index is 14.3. The minimum absolute atomic E-state index is 0.0206. The van der Waals surface area contributed by atoms with Gasteiger partial charge < -0.3 is 14.1 Å². The first kappa shape index (κ1) is 19.0. The molecule has 0 fully saturated rings. The molecule has 1 amide bonds. The molecule has 2 aromatic heterocycles. The summed E-state index contributed by atoms with van der Waals surface area (Å²) in [5, 5.41) is 0. The van der Waals surface area contributed by atoms with E-state index in [4.69, 9.17) is 9.15 Å². The molecule has 150 valence electrons. The molecule has 29 heavy (non-hydrogen) atoms. The fourth-order valence-electron chi connectivity index (χ4n) is 3.36. The van der Waals surface area contributed by atoms with Crippen LogP contribution in [0.2, 0.25) is 0 Å². The molecule has 1 aliphatic rings. The van der Waals surface area contributed by atoms with Crippen molar-refractivity contribution in [3.8, 4) is 5.75 Å². The van der Waals surface area contributed by atoms with Gasteiger partial charge in [-0.2, -0.15) is 0 Å². The molecule has 3 aromatic rings. The zero-order valence-corrected chi connectivity index (χ0v) is 15.8. The van der Waals surface area contributed by atoms with Crippen LogP contribution in [0.3, 0.4) is 0 Å². The molecule has 3 heterocycles. The zero-order valence-electron chi connectivity index (χ0n) is 15.8.